The zero-order valence-electron chi connectivity index (χ0n) is 9.66. The minimum Gasteiger partial charge on any atom is -0.439 e. The van der Waals surface area contributed by atoms with Crippen LogP contribution in [0.2, 0.25) is 0 Å². The third-order valence-electron chi connectivity index (χ3n) is 2.31. The van der Waals surface area contributed by atoms with Crippen molar-refractivity contribution in [3.63, 3.8) is 0 Å². The van der Waals surface area contributed by atoms with E-state index < -0.39 is 12.7 Å². The molecule has 0 bridgehead atoms. The van der Waals surface area contributed by atoms with E-state index >= 15 is 0 Å². The highest BCUT2D eigenvalue weighted by molar-refractivity contribution is 5.76. The zero-order chi connectivity index (χ0) is 13.3. The molecule has 0 aliphatic carbocycles. The average molecular weight is 259 g/mol. The summed E-state index contributed by atoms with van der Waals surface area (Å²) >= 11 is 0. The summed E-state index contributed by atoms with van der Waals surface area (Å²) in [6.45, 7) is -1.01. The predicted molar refractivity (Wildman–Crippen MR) is 60.8 cm³/mol. The fourth-order valence-corrected chi connectivity index (χ4v) is 1.65. The number of aromatic nitrogens is 1. The van der Waals surface area contributed by atoms with Gasteiger partial charge in [0.25, 0.3) is 0 Å². The number of anilines is 1. The van der Waals surface area contributed by atoms with Crippen LogP contribution >= 0.6 is 0 Å². The van der Waals surface area contributed by atoms with Crippen molar-refractivity contribution in [2.75, 3.05) is 19.3 Å². The Morgan fingerprint density at radius 1 is 1.39 bits per heavy atom. The van der Waals surface area contributed by atoms with E-state index in [2.05, 4.69) is 4.98 Å². The summed E-state index contributed by atoms with van der Waals surface area (Å²) < 4.78 is 41.8. The number of nitrogen functional groups attached to an aromatic ring is 1. The van der Waals surface area contributed by atoms with Crippen LogP contribution in [-0.2, 0) is 6.54 Å². The van der Waals surface area contributed by atoms with Gasteiger partial charge in [0.1, 0.15) is 5.52 Å². The Morgan fingerprint density at radius 2 is 2.11 bits per heavy atom. The minimum atomic E-state index is -4.23. The summed E-state index contributed by atoms with van der Waals surface area (Å²) in [7, 11) is 1.36. The first-order valence-corrected chi connectivity index (χ1v) is 5.24. The summed E-state index contributed by atoms with van der Waals surface area (Å²) in [5.41, 5.74) is 7.17. The van der Waals surface area contributed by atoms with Gasteiger partial charge < -0.3 is 10.2 Å². The second kappa shape index (κ2) is 4.49. The summed E-state index contributed by atoms with van der Waals surface area (Å²) in [6.07, 6.45) is -4.23. The fraction of sp³-hybridized carbons (Fsp3) is 0.364. The molecule has 1 aromatic heterocycles. The van der Waals surface area contributed by atoms with Crippen molar-refractivity contribution in [3.05, 3.63) is 24.1 Å². The molecule has 0 atom stereocenters. The number of benzene rings is 1. The molecule has 2 rings (SSSR count). The number of rotatable bonds is 3. The standard InChI is InChI=1S/C11H12F3N3O/c1-17(6-11(12,13)14)5-10-16-8-4-7(15)2-3-9(8)18-10/h2-4H,5-6,15H2,1H3. The van der Waals surface area contributed by atoms with Crippen molar-refractivity contribution >= 4 is 16.8 Å². The van der Waals surface area contributed by atoms with E-state index in [1.165, 1.54) is 7.05 Å². The maximum absolute atomic E-state index is 12.2. The molecular weight excluding hydrogens is 247 g/mol. The third-order valence-corrected chi connectivity index (χ3v) is 2.31. The van der Waals surface area contributed by atoms with Gasteiger partial charge in [0.2, 0.25) is 5.89 Å². The van der Waals surface area contributed by atoms with E-state index in [1.807, 2.05) is 0 Å². The SMILES string of the molecule is CN(Cc1nc2cc(N)ccc2o1)CC(F)(F)F. The summed E-state index contributed by atoms with van der Waals surface area (Å²) in [4.78, 5) is 5.18. The van der Waals surface area contributed by atoms with Crippen LogP contribution < -0.4 is 5.73 Å². The topological polar surface area (TPSA) is 55.3 Å². The first-order valence-electron chi connectivity index (χ1n) is 5.24. The van der Waals surface area contributed by atoms with Gasteiger partial charge in [-0.15, -0.1) is 0 Å². The van der Waals surface area contributed by atoms with Crippen molar-refractivity contribution in [2.45, 2.75) is 12.7 Å². The second-order valence-electron chi connectivity index (χ2n) is 4.12. The number of alkyl halides is 3. The molecule has 98 valence electrons. The van der Waals surface area contributed by atoms with E-state index in [1.54, 1.807) is 18.2 Å². The van der Waals surface area contributed by atoms with Gasteiger partial charge in [-0.3, -0.25) is 4.90 Å². The van der Waals surface area contributed by atoms with E-state index in [9.17, 15) is 13.2 Å². The zero-order valence-corrected chi connectivity index (χ0v) is 9.66. The lowest BCUT2D eigenvalue weighted by Crippen LogP contribution is -2.30. The molecular formula is C11H12F3N3O. The lowest BCUT2D eigenvalue weighted by Gasteiger charge is -2.16. The van der Waals surface area contributed by atoms with Gasteiger partial charge in [0.15, 0.2) is 5.58 Å². The largest absolute Gasteiger partial charge is 0.439 e. The van der Waals surface area contributed by atoms with Crippen LogP contribution in [0, 0.1) is 0 Å². The number of nitrogens with two attached hydrogens (primary N) is 1. The first-order chi connectivity index (χ1) is 8.33. The summed E-state index contributed by atoms with van der Waals surface area (Å²) in [5.74, 6) is 0.238. The molecule has 18 heavy (non-hydrogen) atoms. The van der Waals surface area contributed by atoms with E-state index in [0.717, 1.165) is 4.90 Å². The lowest BCUT2D eigenvalue weighted by atomic mass is 10.3. The van der Waals surface area contributed by atoms with Crippen molar-refractivity contribution < 1.29 is 17.6 Å². The number of nitrogens with zero attached hydrogens (tertiary/aromatic N) is 2. The highest BCUT2D eigenvalue weighted by atomic mass is 19.4. The molecule has 2 N–H and O–H groups in total. The van der Waals surface area contributed by atoms with Crippen LogP contribution in [0.1, 0.15) is 5.89 Å². The molecule has 1 heterocycles. The quantitative estimate of drug-likeness (QED) is 0.860. The Labute approximate surface area is 101 Å². The molecule has 1 aromatic carbocycles. The van der Waals surface area contributed by atoms with Gasteiger partial charge in [-0.25, -0.2) is 4.98 Å². The Morgan fingerprint density at radius 3 is 2.78 bits per heavy atom. The van der Waals surface area contributed by atoms with E-state index in [0.29, 0.717) is 16.8 Å². The maximum Gasteiger partial charge on any atom is 0.401 e. The number of hydrogen-bond acceptors (Lipinski definition) is 4. The molecule has 0 fully saturated rings. The molecule has 0 aliphatic rings. The smallest absolute Gasteiger partial charge is 0.401 e. The minimum absolute atomic E-state index is 0.00586. The van der Waals surface area contributed by atoms with Gasteiger partial charge in [-0.05, 0) is 25.2 Å². The third kappa shape index (κ3) is 3.13. The van der Waals surface area contributed by atoms with E-state index in [-0.39, 0.29) is 12.4 Å². The molecule has 0 spiro atoms. The molecule has 0 radical (unpaired) electrons. The fourth-order valence-electron chi connectivity index (χ4n) is 1.65. The Hall–Kier alpha value is -1.76. The molecule has 0 aliphatic heterocycles. The maximum atomic E-state index is 12.2. The Balaban J connectivity index is 2.12. The number of oxazole rings is 1. The van der Waals surface area contributed by atoms with Crippen LogP contribution in [0.25, 0.3) is 11.1 Å². The van der Waals surface area contributed by atoms with Crippen LogP contribution in [-0.4, -0.2) is 29.7 Å². The van der Waals surface area contributed by atoms with Crippen molar-refractivity contribution in [1.29, 1.82) is 0 Å². The van der Waals surface area contributed by atoms with Gasteiger partial charge >= 0.3 is 6.18 Å². The molecule has 0 saturated heterocycles. The molecule has 7 heteroatoms. The highest BCUT2D eigenvalue weighted by Gasteiger charge is 2.29. The second-order valence-corrected chi connectivity index (χ2v) is 4.12. The normalized spacial score (nSPS) is 12.5. The van der Waals surface area contributed by atoms with Crippen LogP contribution in [0.15, 0.2) is 22.6 Å². The molecule has 2 aromatic rings. The summed E-state index contributed by atoms with van der Waals surface area (Å²) in [6, 6.07) is 4.91. The van der Waals surface area contributed by atoms with Crippen molar-refractivity contribution in [3.8, 4) is 0 Å². The van der Waals surface area contributed by atoms with Gasteiger partial charge in [0.05, 0.1) is 13.1 Å². The predicted octanol–water partition coefficient (Wildman–Crippen LogP) is 2.40. The molecule has 4 nitrogen and oxygen atoms in total. The summed E-state index contributed by atoms with van der Waals surface area (Å²) in [5, 5.41) is 0. The number of hydrogen-bond donors (Lipinski definition) is 1. The Kier molecular flexibility index (Phi) is 3.16. The van der Waals surface area contributed by atoms with Crippen LogP contribution in [0.4, 0.5) is 18.9 Å². The molecule has 0 amide bonds. The first kappa shape index (κ1) is 12.7. The highest BCUT2D eigenvalue weighted by Crippen LogP contribution is 2.20. The monoisotopic (exact) mass is 259 g/mol. The lowest BCUT2D eigenvalue weighted by molar-refractivity contribution is -0.144. The molecule has 0 unspecified atom stereocenters. The van der Waals surface area contributed by atoms with Crippen LogP contribution in [0.5, 0.6) is 0 Å². The average Bonchev–Trinajstić information content (AvgIpc) is 2.55. The number of halogens is 3. The van der Waals surface area contributed by atoms with Gasteiger partial charge in [-0.2, -0.15) is 13.2 Å². The van der Waals surface area contributed by atoms with E-state index in [4.69, 9.17) is 10.2 Å². The van der Waals surface area contributed by atoms with Crippen molar-refractivity contribution in [1.82, 2.24) is 9.88 Å². The molecule has 0 saturated carbocycles. The Bertz CT molecular complexity index is 550. The van der Waals surface area contributed by atoms with Crippen LogP contribution in [0.3, 0.4) is 0 Å². The van der Waals surface area contributed by atoms with Gasteiger partial charge in [0, 0.05) is 5.69 Å². The number of fused-ring (bicyclic) bond motifs is 1. The van der Waals surface area contributed by atoms with Gasteiger partial charge in [-0.1, -0.05) is 0 Å². The van der Waals surface area contributed by atoms with Crippen molar-refractivity contribution in [2.24, 2.45) is 0 Å².